The lowest BCUT2D eigenvalue weighted by atomic mass is 10.0. The first-order valence-electron chi connectivity index (χ1n) is 9.16. The first kappa shape index (κ1) is 17.5. The third kappa shape index (κ3) is 4.11. The lowest BCUT2D eigenvalue weighted by Gasteiger charge is -2.36. The fourth-order valence-corrected chi connectivity index (χ4v) is 3.63. The number of fused-ring (bicyclic) bond motifs is 1. The zero-order valence-electron chi connectivity index (χ0n) is 14.9. The largest absolute Gasteiger partial charge is 0.486 e. The van der Waals surface area contributed by atoms with Crippen molar-refractivity contribution in [3.8, 4) is 11.5 Å². The van der Waals surface area contributed by atoms with Gasteiger partial charge in [0.25, 0.3) is 0 Å². The number of nitrogens with one attached hydrogen (secondary N) is 1. The summed E-state index contributed by atoms with van der Waals surface area (Å²) in [6, 6.07) is 10.9. The summed E-state index contributed by atoms with van der Waals surface area (Å²) in [5.41, 5.74) is 0.00949. The van der Waals surface area contributed by atoms with Crippen LogP contribution in [0.15, 0.2) is 42.6 Å². The number of likely N-dealkylation sites (tertiary alicyclic amines) is 1. The number of benzene rings is 1. The Hall–Kier alpha value is -2.87. The molecule has 2 aliphatic heterocycles. The number of para-hydroxylation sites is 2. The van der Waals surface area contributed by atoms with Crippen LogP contribution < -0.4 is 14.8 Å². The molecule has 1 aromatic heterocycles. The molecule has 0 bridgehead atoms. The summed E-state index contributed by atoms with van der Waals surface area (Å²) in [6.45, 7) is 3.05. The van der Waals surface area contributed by atoms with Crippen molar-refractivity contribution in [2.75, 3.05) is 31.6 Å². The highest BCUT2D eigenvalue weighted by Crippen LogP contribution is 2.31. The van der Waals surface area contributed by atoms with Crippen molar-refractivity contribution >= 4 is 11.5 Å². The lowest BCUT2D eigenvalue weighted by molar-refractivity contribution is -0.384. The predicted octanol–water partition coefficient (Wildman–Crippen LogP) is 2.71. The molecule has 2 aromatic rings. The standard InChI is InChI=1S/C19H22N4O4/c24-23(25)16-6-3-9-20-19(16)21-14-5-4-10-22(11-14)12-15-13-26-17-7-1-2-8-18(17)27-15/h1-3,6-9,14-15H,4-5,10-13H2,(H,20,21). The van der Waals surface area contributed by atoms with E-state index in [4.69, 9.17) is 9.47 Å². The molecule has 0 radical (unpaired) electrons. The number of aromatic nitrogens is 1. The number of pyridine rings is 1. The number of nitrogens with zero attached hydrogens (tertiary/aromatic N) is 3. The molecule has 0 saturated carbocycles. The number of anilines is 1. The van der Waals surface area contributed by atoms with Crippen molar-refractivity contribution in [1.82, 2.24) is 9.88 Å². The quantitative estimate of drug-likeness (QED) is 0.639. The van der Waals surface area contributed by atoms with Crippen LogP contribution in [0.2, 0.25) is 0 Å². The minimum atomic E-state index is -0.402. The highest BCUT2D eigenvalue weighted by Gasteiger charge is 2.27. The van der Waals surface area contributed by atoms with Gasteiger partial charge in [-0.3, -0.25) is 15.0 Å². The van der Waals surface area contributed by atoms with E-state index in [-0.39, 0.29) is 17.8 Å². The fourth-order valence-electron chi connectivity index (χ4n) is 3.63. The van der Waals surface area contributed by atoms with Crippen molar-refractivity contribution in [2.45, 2.75) is 25.0 Å². The molecule has 1 saturated heterocycles. The predicted molar refractivity (Wildman–Crippen MR) is 100 cm³/mol. The van der Waals surface area contributed by atoms with Gasteiger partial charge < -0.3 is 14.8 Å². The highest BCUT2D eigenvalue weighted by molar-refractivity contribution is 5.55. The van der Waals surface area contributed by atoms with Crippen LogP contribution in [0.1, 0.15) is 12.8 Å². The van der Waals surface area contributed by atoms with E-state index in [9.17, 15) is 10.1 Å². The maximum absolute atomic E-state index is 11.2. The monoisotopic (exact) mass is 370 g/mol. The minimum Gasteiger partial charge on any atom is -0.486 e. The molecule has 0 amide bonds. The van der Waals surface area contributed by atoms with E-state index in [0.717, 1.165) is 44.0 Å². The molecule has 8 nitrogen and oxygen atoms in total. The molecule has 4 rings (SSSR count). The van der Waals surface area contributed by atoms with E-state index >= 15 is 0 Å². The molecule has 142 valence electrons. The highest BCUT2D eigenvalue weighted by atomic mass is 16.6. The second-order valence-corrected chi connectivity index (χ2v) is 6.87. The van der Waals surface area contributed by atoms with E-state index in [1.165, 1.54) is 6.07 Å². The van der Waals surface area contributed by atoms with Gasteiger partial charge in [-0.15, -0.1) is 0 Å². The van der Waals surface area contributed by atoms with Gasteiger partial charge in [0, 0.05) is 31.4 Å². The van der Waals surface area contributed by atoms with Gasteiger partial charge in [-0.1, -0.05) is 12.1 Å². The van der Waals surface area contributed by atoms with Gasteiger partial charge in [0.15, 0.2) is 11.5 Å². The van der Waals surface area contributed by atoms with Gasteiger partial charge in [-0.2, -0.15) is 0 Å². The number of piperidine rings is 1. The van der Waals surface area contributed by atoms with Gasteiger partial charge in [0.1, 0.15) is 12.7 Å². The van der Waals surface area contributed by atoms with Gasteiger partial charge in [-0.05, 0) is 37.6 Å². The van der Waals surface area contributed by atoms with Gasteiger partial charge in [-0.25, -0.2) is 4.98 Å². The first-order chi connectivity index (χ1) is 13.2. The summed E-state index contributed by atoms with van der Waals surface area (Å²) in [5.74, 6) is 1.90. The molecule has 1 fully saturated rings. The van der Waals surface area contributed by atoms with Crippen LogP contribution in [-0.2, 0) is 0 Å². The third-order valence-corrected chi connectivity index (χ3v) is 4.86. The molecular weight excluding hydrogens is 348 g/mol. The van der Waals surface area contributed by atoms with E-state index in [1.54, 1.807) is 12.3 Å². The molecule has 8 heteroatoms. The van der Waals surface area contributed by atoms with Crippen LogP contribution in [-0.4, -0.2) is 53.2 Å². The summed E-state index contributed by atoms with van der Waals surface area (Å²) in [4.78, 5) is 17.2. The molecule has 1 N–H and O–H groups in total. The molecule has 2 atom stereocenters. The minimum absolute atomic E-state index is 0.00949. The maximum Gasteiger partial charge on any atom is 0.311 e. The number of ether oxygens (including phenoxy) is 2. The number of hydrogen-bond donors (Lipinski definition) is 1. The second-order valence-electron chi connectivity index (χ2n) is 6.87. The van der Waals surface area contributed by atoms with E-state index in [1.807, 2.05) is 24.3 Å². The van der Waals surface area contributed by atoms with Crippen molar-refractivity contribution in [1.29, 1.82) is 0 Å². The molecule has 0 spiro atoms. The smallest absolute Gasteiger partial charge is 0.311 e. The van der Waals surface area contributed by atoms with Crippen LogP contribution in [0.4, 0.5) is 11.5 Å². The van der Waals surface area contributed by atoms with Crippen molar-refractivity contribution in [3.05, 3.63) is 52.7 Å². The van der Waals surface area contributed by atoms with E-state index < -0.39 is 4.92 Å². The summed E-state index contributed by atoms with van der Waals surface area (Å²) in [7, 11) is 0. The Bertz CT molecular complexity index is 816. The first-order valence-corrected chi connectivity index (χ1v) is 9.16. The third-order valence-electron chi connectivity index (χ3n) is 4.86. The van der Waals surface area contributed by atoms with Crippen molar-refractivity contribution in [2.24, 2.45) is 0 Å². The zero-order valence-corrected chi connectivity index (χ0v) is 14.9. The van der Waals surface area contributed by atoms with Crippen LogP contribution in [0, 0.1) is 10.1 Å². The zero-order chi connectivity index (χ0) is 18.6. The Labute approximate surface area is 157 Å². The average Bonchev–Trinajstić information content (AvgIpc) is 2.68. The van der Waals surface area contributed by atoms with Crippen molar-refractivity contribution < 1.29 is 14.4 Å². The van der Waals surface area contributed by atoms with Crippen LogP contribution in [0.5, 0.6) is 11.5 Å². The van der Waals surface area contributed by atoms with Gasteiger partial charge in [0.2, 0.25) is 5.82 Å². The second kappa shape index (κ2) is 7.79. The molecule has 27 heavy (non-hydrogen) atoms. The Morgan fingerprint density at radius 1 is 1.26 bits per heavy atom. The molecule has 2 aliphatic rings. The Morgan fingerprint density at radius 3 is 2.96 bits per heavy atom. The molecular formula is C19H22N4O4. The SMILES string of the molecule is O=[N+]([O-])c1cccnc1NC1CCCN(CC2COc3ccccc3O2)C1. The van der Waals surface area contributed by atoms with Crippen LogP contribution in [0.3, 0.4) is 0 Å². The van der Waals surface area contributed by atoms with Crippen LogP contribution >= 0.6 is 0 Å². The van der Waals surface area contributed by atoms with Gasteiger partial charge >= 0.3 is 5.69 Å². The number of hydrogen-bond acceptors (Lipinski definition) is 7. The van der Waals surface area contributed by atoms with Crippen molar-refractivity contribution in [3.63, 3.8) is 0 Å². The summed E-state index contributed by atoms with van der Waals surface area (Å²) >= 11 is 0. The Balaban J connectivity index is 1.36. The molecule has 2 unspecified atom stereocenters. The molecule has 0 aliphatic carbocycles. The molecule has 3 heterocycles. The fraction of sp³-hybridized carbons (Fsp3) is 0.421. The maximum atomic E-state index is 11.2. The topological polar surface area (TPSA) is 89.8 Å². The average molecular weight is 370 g/mol. The molecule has 1 aromatic carbocycles. The van der Waals surface area contributed by atoms with Gasteiger partial charge in [0.05, 0.1) is 4.92 Å². The lowest BCUT2D eigenvalue weighted by Crippen LogP contribution is -2.48. The number of nitro groups is 1. The van der Waals surface area contributed by atoms with E-state index in [2.05, 4.69) is 15.2 Å². The van der Waals surface area contributed by atoms with E-state index in [0.29, 0.717) is 12.4 Å². The normalized spacial score (nSPS) is 22.2. The number of rotatable bonds is 5. The Morgan fingerprint density at radius 2 is 2.11 bits per heavy atom. The summed E-state index contributed by atoms with van der Waals surface area (Å²) < 4.78 is 11.8. The Kier molecular flexibility index (Phi) is 5.06. The van der Waals surface area contributed by atoms with Crippen LogP contribution in [0.25, 0.3) is 0 Å². The summed E-state index contributed by atoms with van der Waals surface area (Å²) in [5, 5.41) is 14.4. The summed E-state index contributed by atoms with van der Waals surface area (Å²) in [6.07, 6.45) is 3.51.